The maximum atomic E-state index is 12.9. The van der Waals surface area contributed by atoms with E-state index in [4.69, 9.17) is 19.3 Å². The lowest BCUT2D eigenvalue weighted by Crippen LogP contribution is -2.65. The molecular formula is C22H28NO13P. The monoisotopic (exact) mass is 545 g/mol. The molecule has 2 aromatic carbocycles. The maximum absolute atomic E-state index is 12.9. The Morgan fingerprint density at radius 3 is 2.38 bits per heavy atom. The molecule has 14 nitrogen and oxygen atoms in total. The molecule has 0 radical (unpaired) electrons. The van der Waals surface area contributed by atoms with Crippen LogP contribution in [0.15, 0.2) is 42.5 Å². The van der Waals surface area contributed by atoms with E-state index in [-0.39, 0.29) is 5.56 Å². The summed E-state index contributed by atoms with van der Waals surface area (Å²) in [4.78, 5) is 42.0. The predicted octanol–water partition coefficient (Wildman–Crippen LogP) is -2.21. The van der Waals surface area contributed by atoms with Crippen LogP contribution in [0.25, 0.3) is 10.8 Å². The maximum Gasteiger partial charge on any atom is 0.470 e. The minimum Gasteiger partial charge on any atom is -0.394 e. The van der Waals surface area contributed by atoms with Crippen LogP contribution in [0.2, 0.25) is 0 Å². The van der Waals surface area contributed by atoms with Crippen molar-refractivity contribution < 1.29 is 63.5 Å². The molecule has 3 rings (SSSR count). The number of nitrogens with one attached hydrogen (secondary N) is 1. The van der Waals surface area contributed by atoms with Crippen LogP contribution in [0.4, 0.5) is 0 Å². The number of ketones is 1. The number of Topliss-reactive ketones (excluding diaryl/α,β-unsaturated/α-hetero) is 1. The molecule has 204 valence electrons. The fourth-order valence-corrected chi connectivity index (χ4v) is 3.97. The van der Waals surface area contributed by atoms with Gasteiger partial charge in [-0.2, -0.15) is 0 Å². The molecule has 37 heavy (non-hydrogen) atoms. The SMILES string of the molecule is O=C(N[C@H]1[C@H](OC[C@@H](O)[C@H](O)C(=O)COP(=O)(O)O)O[C@H](CO)[C@@H](O)[C@@H]1O)c1ccc2ccccc2c1. The van der Waals surface area contributed by atoms with Gasteiger partial charge in [-0.25, -0.2) is 4.57 Å². The van der Waals surface area contributed by atoms with Gasteiger partial charge >= 0.3 is 7.82 Å². The number of aliphatic hydroxyl groups excluding tert-OH is 5. The molecule has 2 aromatic rings. The zero-order chi connectivity index (χ0) is 27.3. The third kappa shape index (κ3) is 7.60. The highest BCUT2D eigenvalue weighted by atomic mass is 31.2. The molecule has 0 bridgehead atoms. The van der Waals surface area contributed by atoms with Crippen molar-refractivity contribution in [2.45, 2.75) is 42.9 Å². The predicted molar refractivity (Wildman–Crippen MR) is 124 cm³/mol. The van der Waals surface area contributed by atoms with Crippen LogP contribution in [-0.2, 0) is 23.4 Å². The summed E-state index contributed by atoms with van der Waals surface area (Å²) in [5.41, 5.74) is 0.217. The van der Waals surface area contributed by atoms with Crippen LogP contribution in [0.1, 0.15) is 10.4 Å². The smallest absolute Gasteiger partial charge is 0.394 e. The summed E-state index contributed by atoms with van der Waals surface area (Å²) in [5, 5.41) is 54.4. The first kappa shape index (κ1) is 29.2. The van der Waals surface area contributed by atoms with Gasteiger partial charge in [0.1, 0.15) is 43.2 Å². The van der Waals surface area contributed by atoms with Gasteiger partial charge in [0.15, 0.2) is 12.1 Å². The topological polar surface area (TPSA) is 233 Å². The van der Waals surface area contributed by atoms with Crippen molar-refractivity contribution >= 4 is 30.3 Å². The van der Waals surface area contributed by atoms with E-state index in [9.17, 15) is 39.7 Å². The van der Waals surface area contributed by atoms with E-state index >= 15 is 0 Å². The van der Waals surface area contributed by atoms with Crippen molar-refractivity contribution in [3.05, 3.63) is 48.0 Å². The fraction of sp³-hybridized carbons (Fsp3) is 0.455. The van der Waals surface area contributed by atoms with E-state index in [1.54, 1.807) is 30.3 Å². The summed E-state index contributed by atoms with van der Waals surface area (Å²) in [6.45, 7) is -2.73. The molecule has 1 heterocycles. The van der Waals surface area contributed by atoms with Crippen molar-refractivity contribution in [3.63, 3.8) is 0 Å². The summed E-state index contributed by atoms with van der Waals surface area (Å²) in [7, 11) is -4.99. The van der Waals surface area contributed by atoms with Crippen LogP contribution < -0.4 is 5.32 Å². The Labute approximate surface area is 210 Å². The van der Waals surface area contributed by atoms with Crippen LogP contribution in [0, 0.1) is 0 Å². The highest BCUT2D eigenvalue weighted by Gasteiger charge is 2.46. The van der Waals surface area contributed by atoms with E-state index < -0.39 is 82.2 Å². The number of ether oxygens (including phenoxy) is 2. The number of carbonyl (C=O) groups excluding carboxylic acids is 2. The summed E-state index contributed by atoms with van der Waals surface area (Å²) in [6.07, 6.45) is -10.3. The number of benzene rings is 2. The van der Waals surface area contributed by atoms with Crippen molar-refractivity contribution in [2.24, 2.45) is 0 Å². The fourth-order valence-electron chi connectivity index (χ4n) is 3.68. The number of amides is 1. The van der Waals surface area contributed by atoms with Gasteiger partial charge < -0.3 is 50.1 Å². The quantitative estimate of drug-likeness (QED) is 0.140. The second-order valence-corrected chi connectivity index (χ2v) is 9.58. The van der Waals surface area contributed by atoms with E-state index in [0.717, 1.165) is 10.8 Å². The van der Waals surface area contributed by atoms with Crippen LogP contribution >= 0.6 is 7.82 Å². The second kappa shape index (κ2) is 12.5. The Balaban J connectivity index is 1.70. The van der Waals surface area contributed by atoms with E-state index in [0.29, 0.717) is 0 Å². The van der Waals surface area contributed by atoms with Crippen LogP contribution in [-0.4, -0.2) is 110 Å². The highest BCUT2D eigenvalue weighted by Crippen LogP contribution is 2.35. The molecule has 7 atom stereocenters. The molecule has 1 aliphatic rings. The van der Waals surface area contributed by atoms with Crippen LogP contribution in [0.3, 0.4) is 0 Å². The first-order chi connectivity index (χ1) is 17.4. The Hall–Kier alpha value is -2.33. The number of phosphoric acid groups is 1. The number of hydrogen-bond acceptors (Lipinski definition) is 11. The van der Waals surface area contributed by atoms with Gasteiger partial charge in [-0.05, 0) is 22.9 Å². The number of hydrogen-bond donors (Lipinski definition) is 8. The third-order valence-corrected chi connectivity index (χ3v) is 6.16. The average Bonchev–Trinajstić information content (AvgIpc) is 2.87. The molecule has 0 spiro atoms. The number of rotatable bonds is 11. The van der Waals surface area contributed by atoms with Gasteiger partial charge in [0.05, 0.1) is 13.2 Å². The molecule has 1 aliphatic heterocycles. The summed E-state index contributed by atoms with van der Waals surface area (Å²) in [5.74, 6) is -1.92. The second-order valence-electron chi connectivity index (χ2n) is 8.34. The van der Waals surface area contributed by atoms with E-state index in [2.05, 4.69) is 9.84 Å². The normalized spacial score (nSPS) is 26.0. The number of phosphoric ester groups is 1. The summed E-state index contributed by atoms with van der Waals surface area (Å²) < 4.78 is 25.5. The van der Waals surface area contributed by atoms with Crippen molar-refractivity contribution in [1.29, 1.82) is 0 Å². The number of carbonyl (C=O) groups is 2. The van der Waals surface area contributed by atoms with Gasteiger partial charge in [-0.15, -0.1) is 0 Å². The largest absolute Gasteiger partial charge is 0.470 e. The molecule has 1 saturated heterocycles. The Bertz CT molecular complexity index is 1140. The minimum atomic E-state index is -4.99. The molecule has 1 amide bonds. The lowest BCUT2D eigenvalue weighted by Gasteiger charge is -2.42. The standard InChI is InChI=1S/C22H28NO13P/c24-8-16-19(28)20(29)17(23-21(30)13-6-5-11-3-1-2-4-12(11)7-13)22(36-16)34-9-14(25)18(27)15(26)10-35-37(31,32)33/h1-7,14,16-20,22,24-25,27-29H,8-10H2,(H,23,30)(H2,31,32,33)/t14-,16-,17-,18+,19-,20-,22-/m1/s1. The third-order valence-electron chi connectivity index (χ3n) is 5.69. The molecular weight excluding hydrogens is 517 g/mol. The molecule has 1 fully saturated rings. The van der Waals surface area contributed by atoms with Gasteiger partial charge in [0.2, 0.25) is 0 Å². The first-order valence-corrected chi connectivity index (χ1v) is 12.6. The van der Waals surface area contributed by atoms with Crippen LogP contribution in [0.5, 0.6) is 0 Å². The molecule has 0 aliphatic carbocycles. The molecule has 8 N–H and O–H groups in total. The van der Waals surface area contributed by atoms with Crippen molar-refractivity contribution in [2.75, 3.05) is 19.8 Å². The summed E-state index contributed by atoms with van der Waals surface area (Å²) in [6, 6.07) is 10.7. The Morgan fingerprint density at radius 2 is 1.73 bits per heavy atom. The minimum absolute atomic E-state index is 0.217. The molecule has 0 saturated carbocycles. The Kier molecular flexibility index (Phi) is 9.86. The lowest BCUT2D eigenvalue weighted by molar-refractivity contribution is -0.275. The Morgan fingerprint density at radius 1 is 1.05 bits per heavy atom. The van der Waals surface area contributed by atoms with E-state index in [1.165, 1.54) is 0 Å². The summed E-state index contributed by atoms with van der Waals surface area (Å²) >= 11 is 0. The first-order valence-electron chi connectivity index (χ1n) is 11.0. The average molecular weight is 545 g/mol. The van der Waals surface area contributed by atoms with Gasteiger partial charge in [-0.1, -0.05) is 30.3 Å². The number of aliphatic hydroxyl groups is 5. The van der Waals surface area contributed by atoms with Gasteiger partial charge in [0.25, 0.3) is 5.91 Å². The van der Waals surface area contributed by atoms with E-state index in [1.807, 2.05) is 12.1 Å². The zero-order valence-electron chi connectivity index (χ0n) is 19.2. The van der Waals surface area contributed by atoms with Crippen molar-refractivity contribution in [1.82, 2.24) is 5.32 Å². The molecule has 0 unspecified atom stereocenters. The van der Waals surface area contributed by atoms with Gasteiger partial charge in [0, 0.05) is 5.56 Å². The van der Waals surface area contributed by atoms with Gasteiger partial charge in [-0.3, -0.25) is 14.1 Å². The number of fused-ring (bicyclic) bond motifs is 1. The molecule has 15 heteroatoms. The lowest BCUT2D eigenvalue weighted by atomic mass is 9.96. The van der Waals surface area contributed by atoms with Crippen molar-refractivity contribution in [3.8, 4) is 0 Å². The highest BCUT2D eigenvalue weighted by molar-refractivity contribution is 7.46. The molecule has 0 aromatic heterocycles. The zero-order valence-corrected chi connectivity index (χ0v) is 20.1.